The summed E-state index contributed by atoms with van der Waals surface area (Å²) in [5.41, 5.74) is 3.02. The summed E-state index contributed by atoms with van der Waals surface area (Å²) in [6, 6.07) is 13.9. The molecular weight excluding hydrogens is 1020 g/mol. The third-order valence-corrected chi connectivity index (χ3v) is 18.3. The third kappa shape index (κ3) is 10.1. The van der Waals surface area contributed by atoms with E-state index in [9.17, 15) is 29.4 Å². The number of nitrogens with zero attached hydrogens (tertiary/aromatic N) is 6. The van der Waals surface area contributed by atoms with E-state index < -0.39 is 71.7 Å². The van der Waals surface area contributed by atoms with Crippen LogP contribution in [-0.2, 0) is 9.59 Å². The maximum atomic E-state index is 17.0. The van der Waals surface area contributed by atoms with Gasteiger partial charge < -0.3 is 50.4 Å². The molecule has 4 aliphatic heterocycles. The molecule has 2 saturated carbocycles. The Morgan fingerprint density at radius 3 is 1.43 bits per heavy atom. The van der Waals surface area contributed by atoms with Crippen LogP contribution >= 0.6 is 0 Å². The second kappa shape index (κ2) is 21.7. The summed E-state index contributed by atoms with van der Waals surface area (Å²) in [5, 5.41) is 24.4. The van der Waals surface area contributed by atoms with Gasteiger partial charge in [0.25, 0.3) is 0 Å². The molecule has 16 nitrogen and oxygen atoms in total. The Morgan fingerprint density at radius 2 is 0.987 bits per heavy atom. The van der Waals surface area contributed by atoms with Crippen molar-refractivity contribution in [1.82, 2.24) is 40.4 Å². The van der Waals surface area contributed by atoms with Gasteiger partial charge in [0.15, 0.2) is 11.6 Å². The molecule has 6 aromatic rings. The minimum Gasteiger partial charge on any atom is -0.465 e. The van der Waals surface area contributed by atoms with Crippen LogP contribution in [0.4, 0.5) is 38.5 Å². The number of fused-ring (bicyclic) bond motifs is 2. The number of amides is 4. The molecule has 0 bridgehead atoms. The molecule has 2 aromatic heterocycles. The normalized spacial score (nSPS) is 23.1. The highest BCUT2D eigenvalue weighted by atomic mass is 19.1. The fourth-order valence-electron chi connectivity index (χ4n) is 14.5. The number of rotatable bonds is 13. The van der Waals surface area contributed by atoms with E-state index in [1.165, 1.54) is 29.8 Å². The lowest BCUT2D eigenvalue weighted by Gasteiger charge is -2.36. The Balaban J connectivity index is 0.877. The molecule has 0 radical (unpaired) electrons. The molecule has 6 aliphatic rings. The summed E-state index contributed by atoms with van der Waals surface area (Å²) >= 11 is 0. The third-order valence-electron chi connectivity index (χ3n) is 18.3. The van der Waals surface area contributed by atoms with Crippen molar-refractivity contribution in [2.45, 2.75) is 145 Å². The average molecular weight is 1090 g/mol. The first-order chi connectivity index (χ1) is 38.3. The van der Waals surface area contributed by atoms with Crippen LogP contribution in [0.15, 0.2) is 66.7 Å². The van der Waals surface area contributed by atoms with Crippen molar-refractivity contribution >= 4 is 57.4 Å². The lowest BCUT2D eigenvalue weighted by molar-refractivity contribution is -0.136. The Bertz CT molecular complexity index is 3100. The Labute approximate surface area is 454 Å². The van der Waals surface area contributed by atoms with E-state index in [2.05, 4.69) is 32.7 Å². The number of imidazole rings is 2. The second-order valence-corrected chi connectivity index (χ2v) is 22.8. The van der Waals surface area contributed by atoms with Crippen molar-refractivity contribution in [3.05, 3.63) is 118 Å². The highest BCUT2D eigenvalue weighted by Crippen LogP contribution is 2.50. The number of aromatic amines is 2. The van der Waals surface area contributed by atoms with Crippen molar-refractivity contribution in [3.8, 4) is 0 Å². The molecule has 20 heteroatoms. The van der Waals surface area contributed by atoms with Crippen LogP contribution in [0, 0.1) is 35.1 Å². The van der Waals surface area contributed by atoms with Crippen LogP contribution in [0.1, 0.15) is 161 Å². The number of hydrogen-bond donors (Lipinski definition) is 6. The number of carbonyl (C=O) groups excluding carboxylic acids is 2. The fraction of sp³-hybridized carbons (Fsp3) is 0.492. The van der Waals surface area contributed by atoms with Crippen molar-refractivity contribution in [1.29, 1.82) is 0 Å². The number of hydrogen-bond acceptors (Lipinski definition) is 8. The molecule has 6 atom stereocenters. The summed E-state index contributed by atoms with van der Waals surface area (Å²) in [6.07, 6.45) is 8.41. The fourth-order valence-corrected chi connectivity index (χ4v) is 14.5. The first kappa shape index (κ1) is 52.3. The van der Waals surface area contributed by atoms with E-state index in [0.29, 0.717) is 98.4 Å². The van der Waals surface area contributed by atoms with Gasteiger partial charge in [-0.05, 0) is 125 Å². The maximum Gasteiger partial charge on any atom is 0.405 e. The number of benzene rings is 4. The number of piperidine rings is 1. The van der Waals surface area contributed by atoms with Crippen molar-refractivity contribution in [2.75, 3.05) is 36.0 Å². The Kier molecular flexibility index (Phi) is 14.4. The quantitative estimate of drug-likeness (QED) is 0.0604. The highest BCUT2D eigenvalue weighted by molar-refractivity contribution is 5.87. The Morgan fingerprint density at radius 1 is 0.532 bits per heavy atom. The molecular formula is C59H66F4N10O6. The number of carboxylic acid groups (broad SMARTS) is 2. The number of nitrogens with one attached hydrogen (secondary N) is 4. The summed E-state index contributed by atoms with van der Waals surface area (Å²) in [6.45, 7) is 1.65. The van der Waals surface area contributed by atoms with Crippen LogP contribution < -0.4 is 20.4 Å². The monoisotopic (exact) mass is 1090 g/mol. The van der Waals surface area contributed by atoms with E-state index in [1.54, 1.807) is 31.7 Å². The zero-order valence-electron chi connectivity index (χ0n) is 43.9. The predicted molar refractivity (Wildman–Crippen MR) is 287 cm³/mol. The van der Waals surface area contributed by atoms with Gasteiger partial charge in [0, 0.05) is 55.1 Å². The van der Waals surface area contributed by atoms with Gasteiger partial charge in [-0.15, -0.1) is 0 Å². The van der Waals surface area contributed by atoms with Gasteiger partial charge in [-0.2, -0.15) is 0 Å². The molecule has 0 spiro atoms. The number of H-pyrrole nitrogens is 2. The molecule has 0 unspecified atom stereocenters. The van der Waals surface area contributed by atoms with Gasteiger partial charge in [-0.3, -0.25) is 9.59 Å². The average Bonchev–Trinajstić information content (AvgIpc) is 4.43. The van der Waals surface area contributed by atoms with Crippen LogP contribution in [0.3, 0.4) is 0 Å². The van der Waals surface area contributed by atoms with Crippen molar-refractivity contribution in [2.24, 2.45) is 11.8 Å². The van der Waals surface area contributed by atoms with Gasteiger partial charge in [0.2, 0.25) is 11.8 Å². The minimum absolute atomic E-state index is 0.0961. The number of anilines is 2. The first-order valence-corrected chi connectivity index (χ1v) is 28.3. The number of halogens is 4. The SMILES string of the molecule is O=C(O)N[C@H](C(=O)N1CCC[C@H]1c1nc2cc(F)c([C@H]3CC[C@H](c4cc5[nH]c([C@@H]6CCCN6C(=O)[C@@H](NC(=O)O)C6CCCC6)nc5cc4F)N3c3cc(F)c(N4CCC(c5ccccc5)CC4)c(F)c3)cc2[nH]1)C1CCCC1. The van der Waals surface area contributed by atoms with E-state index >= 15 is 17.6 Å². The summed E-state index contributed by atoms with van der Waals surface area (Å²) in [5.74, 6) is -2.64. The first-order valence-electron chi connectivity index (χ1n) is 28.3. The number of aromatic nitrogens is 4. The smallest absolute Gasteiger partial charge is 0.405 e. The number of carbonyl (C=O) groups is 4. The largest absolute Gasteiger partial charge is 0.465 e. The highest BCUT2D eigenvalue weighted by Gasteiger charge is 2.44. The summed E-state index contributed by atoms with van der Waals surface area (Å²) in [7, 11) is 0. The standard InChI is InChI=1S/C59H66F4N10O6/c60-39-30-45-43(64-54(66-45)49-16-8-22-71(49)56(74)51(68-58(76)77)34-12-4-5-13-34)28-37(39)47-18-19-48(73(47)36-26-41(62)53(42(63)27-36)70-24-20-33(21-25-70)32-10-2-1-3-11-32)38-29-44-46(31-40(38)61)67-55(65-44)50-17-9-23-72(50)57(75)52(69-59(78)79)35-14-6-7-15-35/h1-3,10-11,26-31,33-35,47-52,68-69H,4-9,12-25H2,(H,64,66)(H,65,67)(H,76,77)(H,78,79)/t47-,48-,49+,50+,51+,52+/m1/s1. The van der Waals surface area contributed by atoms with Crippen molar-refractivity contribution in [3.63, 3.8) is 0 Å². The molecule has 12 rings (SSSR count). The lowest BCUT2D eigenvalue weighted by Crippen LogP contribution is -2.51. The second-order valence-electron chi connectivity index (χ2n) is 22.8. The molecule has 416 valence electrons. The molecule has 2 aliphatic carbocycles. The Hall–Kier alpha value is -7.38. The van der Waals surface area contributed by atoms with E-state index in [1.807, 2.05) is 18.2 Å². The molecule has 6 heterocycles. The van der Waals surface area contributed by atoms with Crippen LogP contribution in [-0.4, -0.2) is 102 Å². The van der Waals surface area contributed by atoms with Crippen molar-refractivity contribution < 1.29 is 47.0 Å². The predicted octanol–water partition coefficient (Wildman–Crippen LogP) is 11.4. The van der Waals surface area contributed by atoms with Crippen LogP contribution in [0.5, 0.6) is 0 Å². The van der Waals surface area contributed by atoms with Gasteiger partial charge in [-0.25, -0.2) is 37.1 Å². The molecule has 79 heavy (non-hydrogen) atoms. The topological polar surface area (TPSA) is 203 Å². The maximum absolute atomic E-state index is 17.0. The zero-order valence-corrected chi connectivity index (χ0v) is 43.9. The summed E-state index contributed by atoms with van der Waals surface area (Å²) < 4.78 is 67.8. The van der Waals surface area contributed by atoms with Crippen LogP contribution in [0.2, 0.25) is 0 Å². The number of likely N-dealkylation sites (tertiary alicyclic amines) is 2. The van der Waals surface area contributed by atoms with Gasteiger partial charge >= 0.3 is 12.2 Å². The molecule has 4 saturated heterocycles. The van der Waals surface area contributed by atoms with E-state index in [4.69, 9.17) is 9.97 Å². The molecule has 4 amide bonds. The molecule has 6 fully saturated rings. The summed E-state index contributed by atoms with van der Waals surface area (Å²) in [4.78, 5) is 75.1. The lowest BCUT2D eigenvalue weighted by atomic mass is 9.89. The van der Waals surface area contributed by atoms with Gasteiger partial charge in [0.05, 0.1) is 46.2 Å². The van der Waals surface area contributed by atoms with Crippen LogP contribution in [0.25, 0.3) is 22.1 Å². The van der Waals surface area contributed by atoms with E-state index in [-0.39, 0.29) is 64.9 Å². The molecule has 4 aromatic carbocycles. The van der Waals surface area contributed by atoms with E-state index in [0.717, 1.165) is 51.4 Å². The minimum atomic E-state index is -1.27. The molecule has 6 N–H and O–H groups in total. The van der Waals surface area contributed by atoms with Gasteiger partial charge in [-0.1, -0.05) is 56.0 Å². The van der Waals surface area contributed by atoms with Gasteiger partial charge in [0.1, 0.15) is 41.1 Å². The zero-order chi connectivity index (χ0) is 54.6.